The van der Waals surface area contributed by atoms with Crippen LogP contribution in [0.3, 0.4) is 0 Å². The van der Waals surface area contributed by atoms with Crippen LogP contribution in [-0.4, -0.2) is 39.3 Å². The number of carbonyl (C=O) groups is 2. The molecule has 1 heterocycles. The molecule has 5 nitrogen and oxygen atoms in total. The minimum absolute atomic E-state index is 0. The average Bonchev–Trinajstić information content (AvgIpc) is 2.88. The van der Waals surface area contributed by atoms with Crippen LogP contribution in [0.25, 0.3) is 0 Å². The number of nitrogens with zero attached hydrogens (tertiary/aromatic N) is 1. The summed E-state index contributed by atoms with van der Waals surface area (Å²) >= 11 is 24.7. The van der Waals surface area contributed by atoms with Gasteiger partial charge in [0.2, 0.25) is 0 Å². The van der Waals surface area contributed by atoms with Crippen molar-refractivity contribution >= 4 is 58.2 Å². The van der Waals surface area contributed by atoms with Crippen LogP contribution in [0.1, 0.15) is 59.2 Å². The van der Waals surface area contributed by atoms with E-state index in [-0.39, 0.29) is 70.2 Å². The first-order valence-corrected chi connectivity index (χ1v) is 11.3. The standard InChI is InChI=1S/C20H19Cl4NO4.2Rh/c21-12-10-11(13(22)15(24)14(12)23)18(27)25(17(10)26)16(19(28)29)20-4-7-1-8(5-20)3-9(2-7)6-20;;/h7-9,16,19,28-29H,1-6H2;;/t7?,8?,9?,16-,20?;;/m0../s1. The molecule has 2 amide bonds. The van der Waals surface area contributed by atoms with E-state index in [1.54, 1.807) is 0 Å². The van der Waals surface area contributed by atoms with E-state index in [0.717, 1.165) is 43.4 Å². The van der Waals surface area contributed by atoms with Gasteiger partial charge in [0, 0.05) is 39.0 Å². The van der Waals surface area contributed by atoms with Gasteiger partial charge in [0.1, 0.15) is 0 Å². The second kappa shape index (κ2) is 9.04. The molecule has 31 heavy (non-hydrogen) atoms. The number of aliphatic hydroxyl groups excluding tert-OH is 1. The van der Waals surface area contributed by atoms with Gasteiger partial charge in [0.25, 0.3) is 11.8 Å². The van der Waals surface area contributed by atoms with Crippen LogP contribution in [0.4, 0.5) is 0 Å². The summed E-state index contributed by atoms with van der Waals surface area (Å²) in [6.45, 7) is 0. The molecule has 1 aliphatic heterocycles. The zero-order valence-electron chi connectivity index (χ0n) is 16.0. The zero-order chi connectivity index (χ0) is 20.8. The van der Waals surface area contributed by atoms with E-state index in [1.165, 1.54) is 0 Å². The van der Waals surface area contributed by atoms with Crippen molar-refractivity contribution in [3.05, 3.63) is 31.2 Å². The Labute approximate surface area is 225 Å². The summed E-state index contributed by atoms with van der Waals surface area (Å²) < 4.78 is 0. The van der Waals surface area contributed by atoms with Gasteiger partial charge in [0.15, 0.2) is 6.29 Å². The number of benzene rings is 1. The van der Waals surface area contributed by atoms with Crippen molar-refractivity contribution in [2.45, 2.75) is 50.9 Å². The predicted molar refractivity (Wildman–Crippen MR) is 110 cm³/mol. The molecule has 4 fully saturated rings. The van der Waals surface area contributed by atoms with Crippen LogP contribution in [0.5, 0.6) is 0 Å². The molecular weight excluding hydrogens is 666 g/mol. The molecule has 0 aromatic heterocycles. The molecular formula is C20H19Cl4NO4Rh2. The molecule has 1 aromatic rings. The van der Waals surface area contributed by atoms with E-state index >= 15 is 0 Å². The Bertz CT molecular complexity index is 876. The number of amides is 2. The van der Waals surface area contributed by atoms with Crippen LogP contribution in [-0.2, 0) is 39.0 Å². The van der Waals surface area contributed by atoms with E-state index in [0.29, 0.717) is 17.8 Å². The molecule has 1 atom stereocenters. The number of hydrogen-bond donors (Lipinski definition) is 2. The summed E-state index contributed by atoms with van der Waals surface area (Å²) in [6.07, 6.45) is 3.87. The Morgan fingerprint density at radius 1 is 0.742 bits per heavy atom. The summed E-state index contributed by atoms with van der Waals surface area (Å²) in [5.74, 6) is 0.0739. The summed E-state index contributed by atoms with van der Waals surface area (Å²) in [6, 6.07) is -1.06. The van der Waals surface area contributed by atoms with Crippen molar-refractivity contribution in [3.63, 3.8) is 0 Å². The Hall–Kier alpha value is 0.687. The second-order valence-electron chi connectivity index (χ2n) is 9.12. The first kappa shape index (κ1) is 26.3. The van der Waals surface area contributed by atoms with E-state index in [9.17, 15) is 19.8 Å². The fraction of sp³-hybridized carbons (Fsp3) is 0.600. The van der Waals surface area contributed by atoms with Crippen LogP contribution < -0.4 is 0 Å². The Balaban J connectivity index is 0.00000136. The Morgan fingerprint density at radius 3 is 1.42 bits per heavy atom. The summed E-state index contributed by atoms with van der Waals surface area (Å²) in [7, 11) is 0. The van der Waals surface area contributed by atoms with Gasteiger partial charge in [-0.15, -0.1) is 0 Å². The largest absolute Gasteiger partial charge is 0.366 e. The molecule has 0 unspecified atom stereocenters. The van der Waals surface area contributed by atoms with E-state index in [2.05, 4.69) is 0 Å². The fourth-order valence-electron chi connectivity index (χ4n) is 6.88. The molecule has 4 aliphatic carbocycles. The van der Waals surface area contributed by atoms with Gasteiger partial charge < -0.3 is 10.2 Å². The van der Waals surface area contributed by atoms with Crippen molar-refractivity contribution in [1.82, 2.24) is 4.90 Å². The Morgan fingerprint density at radius 2 is 1.10 bits per heavy atom. The van der Waals surface area contributed by atoms with Gasteiger partial charge in [-0.05, 0) is 61.7 Å². The molecule has 0 spiro atoms. The third kappa shape index (κ3) is 3.78. The molecule has 6 rings (SSSR count). The monoisotopic (exact) mass is 683 g/mol. The average molecular weight is 685 g/mol. The number of rotatable bonds is 3. The topological polar surface area (TPSA) is 77.8 Å². The van der Waals surface area contributed by atoms with Crippen LogP contribution >= 0.6 is 46.4 Å². The third-order valence-electron chi connectivity index (χ3n) is 7.41. The Kier molecular flexibility index (Phi) is 7.67. The van der Waals surface area contributed by atoms with E-state index in [4.69, 9.17) is 46.4 Å². The first-order chi connectivity index (χ1) is 13.6. The fourth-order valence-corrected chi connectivity index (χ4v) is 7.90. The molecule has 4 saturated carbocycles. The molecule has 5 aliphatic rings. The van der Waals surface area contributed by atoms with Gasteiger partial charge in [-0.25, -0.2) is 0 Å². The van der Waals surface area contributed by atoms with Gasteiger partial charge in [-0.3, -0.25) is 14.5 Å². The maximum atomic E-state index is 13.3. The smallest absolute Gasteiger partial charge is 0.263 e. The third-order valence-corrected chi connectivity index (χ3v) is 9.21. The molecule has 11 heteroatoms. The van der Waals surface area contributed by atoms with Crippen molar-refractivity contribution in [1.29, 1.82) is 0 Å². The van der Waals surface area contributed by atoms with Crippen LogP contribution in [0, 0.1) is 23.2 Å². The quantitative estimate of drug-likeness (QED) is 0.158. The number of aliphatic hydroxyl groups is 2. The van der Waals surface area contributed by atoms with E-state index in [1.807, 2.05) is 0 Å². The first-order valence-electron chi connectivity index (χ1n) is 9.74. The maximum Gasteiger partial charge on any atom is 0.263 e. The molecule has 1 aromatic carbocycles. The van der Waals surface area contributed by atoms with Gasteiger partial charge in [0.05, 0.1) is 37.3 Å². The number of fused-ring (bicyclic) bond motifs is 1. The molecule has 4 bridgehead atoms. The molecule has 0 saturated heterocycles. The number of imide groups is 1. The second-order valence-corrected chi connectivity index (χ2v) is 10.6. The molecule has 2 N–H and O–H groups in total. The minimum Gasteiger partial charge on any atom is -0.366 e. The van der Waals surface area contributed by atoms with Crippen molar-refractivity contribution in [3.8, 4) is 0 Å². The number of halogens is 4. The van der Waals surface area contributed by atoms with Crippen LogP contribution in [0.2, 0.25) is 20.1 Å². The zero-order valence-corrected chi connectivity index (χ0v) is 22.3. The number of carbonyl (C=O) groups excluding carboxylic acids is 2. The summed E-state index contributed by atoms with van der Waals surface area (Å²) in [4.78, 5) is 27.6. The predicted octanol–water partition coefficient (Wildman–Crippen LogP) is 4.79. The number of hydrogen-bond acceptors (Lipinski definition) is 4. The van der Waals surface area contributed by atoms with Crippen molar-refractivity contribution < 1.29 is 58.8 Å². The summed E-state index contributed by atoms with van der Waals surface area (Å²) in [5, 5.41) is 20.3. The summed E-state index contributed by atoms with van der Waals surface area (Å²) in [5.41, 5.74) is -0.749. The SMILES string of the molecule is O=C1c2c(Cl)c(Cl)c(Cl)c(Cl)c2C(=O)N1[C@@H](C(O)O)C12CC3CC(CC(C3)C1)C2.[Rh].[Rh]. The molecule has 174 valence electrons. The van der Waals surface area contributed by atoms with Crippen molar-refractivity contribution in [2.75, 3.05) is 0 Å². The molecule has 2 radical (unpaired) electrons. The van der Waals surface area contributed by atoms with Gasteiger partial charge >= 0.3 is 0 Å². The van der Waals surface area contributed by atoms with Gasteiger partial charge in [-0.2, -0.15) is 0 Å². The normalized spacial score (nSPS) is 31.6. The van der Waals surface area contributed by atoms with Gasteiger partial charge in [-0.1, -0.05) is 46.4 Å². The van der Waals surface area contributed by atoms with Crippen LogP contribution in [0.15, 0.2) is 0 Å². The minimum atomic E-state index is -1.86. The maximum absolute atomic E-state index is 13.3. The van der Waals surface area contributed by atoms with E-state index < -0.39 is 29.6 Å². The van der Waals surface area contributed by atoms with Crippen molar-refractivity contribution in [2.24, 2.45) is 23.2 Å².